The number of likely N-dealkylation sites (tertiary alicyclic amines) is 1. The van der Waals surface area contributed by atoms with Crippen molar-refractivity contribution in [3.8, 4) is 0 Å². The second-order valence-corrected chi connectivity index (χ2v) is 8.07. The van der Waals surface area contributed by atoms with Crippen LogP contribution in [-0.4, -0.2) is 50.6 Å². The lowest BCUT2D eigenvalue weighted by atomic mass is 9.96. The molecule has 1 saturated carbocycles. The quantitative estimate of drug-likeness (QED) is 0.732. The van der Waals surface area contributed by atoms with Crippen LogP contribution in [0.5, 0.6) is 0 Å². The molecule has 2 aliphatic rings. The van der Waals surface area contributed by atoms with E-state index in [9.17, 15) is 9.59 Å². The molecule has 4 rings (SSSR count). The third kappa shape index (κ3) is 4.68. The average Bonchev–Trinajstić information content (AvgIpc) is 3.38. The summed E-state index contributed by atoms with van der Waals surface area (Å²) in [6.07, 6.45) is 10.7. The van der Waals surface area contributed by atoms with E-state index in [1.165, 1.54) is 19.3 Å². The maximum Gasteiger partial charge on any atom is 0.315 e. The lowest BCUT2D eigenvalue weighted by molar-refractivity contribution is -0.132. The Bertz CT molecular complexity index is 845. The number of nitrogens with one attached hydrogen (secondary N) is 2. The Morgan fingerprint density at radius 1 is 1.07 bits per heavy atom. The van der Waals surface area contributed by atoms with E-state index in [1.807, 2.05) is 33.7 Å². The Kier molecular flexibility index (Phi) is 6.27. The van der Waals surface area contributed by atoms with Gasteiger partial charge in [0.05, 0.1) is 6.04 Å². The van der Waals surface area contributed by atoms with E-state index in [2.05, 4.69) is 20.8 Å². The summed E-state index contributed by atoms with van der Waals surface area (Å²) >= 11 is 0. The van der Waals surface area contributed by atoms with Crippen LogP contribution in [0.2, 0.25) is 0 Å². The van der Waals surface area contributed by atoms with Crippen LogP contribution in [0.15, 0.2) is 24.4 Å². The molecule has 1 saturated heterocycles. The fourth-order valence-electron chi connectivity index (χ4n) is 4.49. The standard InChI is InChI=1S/C21H30N6O2/c28-19(12-6-13-22-21(29)23-16-8-2-1-3-9-16)26-15-7-10-17(26)20-25-24-18-11-4-5-14-27(18)20/h4-5,11,14,16-17H,1-3,6-10,12-13,15H2,(H2,22,23,29). The maximum absolute atomic E-state index is 12.8. The molecule has 0 bridgehead atoms. The molecule has 1 aliphatic heterocycles. The predicted octanol–water partition coefficient (Wildman–Crippen LogP) is 2.80. The van der Waals surface area contributed by atoms with Gasteiger partial charge in [-0.05, 0) is 44.2 Å². The molecule has 8 nitrogen and oxygen atoms in total. The number of carbonyl (C=O) groups is 2. The topological polar surface area (TPSA) is 91.6 Å². The smallest absolute Gasteiger partial charge is 0.315 e. The van der Waals surface area contributed by atoms with E-state index >= 15 is 0 Å². The van der Waals surface area contributed by atoms with Crippen molar-refractivity contribution < 1.29 is 9.59 Å². The lowest BCUT2D eigenvalue weighted by Crippen LogP contribution is -2.43. The number of pyridine rings is 1. The highest BCUT2D eigenvalue weighted by atomic mass is 16.2. The molecule has 2 N–H and O–H groups in total. The van der Waals surface area contributed by atoms with Gasteiger partial charge in [-0.15, -0.1) is 10.2 Å². The van der Waals surface area contributed by atoms with Gasteiger partial charge in [-0.1, -0.05) is 25.3 Å². The highest BCUT2D eigenvalue weighted by Crippen LogP contribution is 2.31. The highest BCUT2D eigenvalue weighted by Gasteiger charge is 2.32. The van der Waals surface area contributed by atoms with Crippen molar-refractivity contribution in [2.75, 3.05) is 13.1 Å². The number of carbonyl (C=O) groups excluding carboxylic acids is 2. The predicted molar refractivity (Wildman–Crippen MR) is 109 cm³/mol. The second kappa shape index (κ2) is 9.24. The zero-order chi connectivity index (χ0) is 20.1. The number of hydrogen-bond acceptors (Lipinski definition) is 4. The van der Waals surface area contributed by atoms with E-state index in [0.717, 1.165) is 43.7 Å². The van der Waals surface area contributed by atoms with Crippen molar-refractivity contribution in [2.45, 2.75) is 69.9 Å². The molecule has 1 atom stereocenters. The third-order valence-electron chi connectivity index (χ3n) is 6.00. The normalized spacial score (nSPS) is 20.1. The summed E-state index contributed by atoms with van der Waals surface area (Å²) in [5.74, 6) is 0.950. The Labute approximate surface area is 171 Å². The van der Waals surface area contributed by atoms with Gasteiger partial charge in [0, 0.05) is 31.7 Å². The Hall–Kier alpha value is -2.64. The maximum atomic E-state index is 12.8. The molecule has 0 spiro atoms. The number of amides is 3. The number of nitrogens with zero attached hydrogens (tertiary/aromatic N) is 4. The zero-order valence-electron chi connectivity index (χ0n) is 16.8. The summed E-state index contributed by atoms with van der Waals surface area (Å²) in [5.41, 5.74) is 0.801. The highest BCUT2D eigenvalue weighted by molar-refractivity contribution is 5.77. The van der Waals surface area contributed by atoms with Gasteiger partial charge in [0.1, 0.15) is 0 Å². The summed E-state index contributed by atoms with van der Waals surface area (Å²) in [6, 6.07) is 5.96. The first kappa shape index (κ1) is 19.7. The van der Waals surface area contributed by atoms with Gasteiger partial charge in [0.15, 0.2) is 11.5 Å². The van der Waals surface area contributed by atoms with E-state index in [1.54, 1.807) is 0 Å². The van der Waals surface area contributed by atoms with Gasteiger partial charge < -0.3 is 15.5 Å². The van der Waals surface area contributed by atoms with Crippen LogP contribution in [0, 0.1) is 0 Å². The molecule has 1 aliphatic carbocycles. The zero-order valence-corrected chi connectivity index (χ0v) is 16.8. The molecule has 1 unspecified atom stereocenters. The molecule has 2 aromatic rings. The summed E-state index contributed by atoms with van der Waals surface area (Å²) in [7, 11) is 0. The van der Waals surface area contributed by atoms with Crippen LogP contribution in [-0.2, 0) is 4.79 Å². The van der Waals surface area contributed by atoms with Crippen molar-refractivity contribution >= 4 is 17.6 Å². The minimum atomic E-state index is -0.113. The Morgan fingerprint density at radius 2 is 1.93 bits per heavy atom. The molecule has 2 fully saturated rings. The third-order valence-corrected chi connectivity index (χ3v) is 6.00. The molecule has 0 radical (unpaired) electrons. The average molecular weight is 399 g/mol. The molecule has 29 heavy (non-hydrogen) atoms. The summed E-state index contributed by atoms with van der Waals surface area (Å²) in [6.45, 7) is 1.26. The molecular formula is C21H30N6O2. The first-order valence-electron chi connectivity index (χ1n) is 10.9. The van der Waals surface area contributed by atoms with E-state index < -0.39 is 0 Å². The first-order valence-corrected chi connectivity index (χ1v) is 10.9. The lowest BCUT2D eigenvalue weighted by Gasteiger charge is -2.24. The van der Waals surface area contributed by atoms with Crippen molar-refractivity contribution in [3.63, 3.8) is 0 Å². The molecular weight excluding hydrogens is 368 g/mol. The van der Waals surface area contributed by atoms with Crippen LogP contribution in [0.4, 0.5) is 4.79 Å². The monoisotopic (exact) mass is 398 g/mol. The van der Waals surface area contributed by atoms with Crippen LogP contribution < -0.4 is 10.6 Å². The van der Waals surface area contributed by atoms with Crippen molar-refractivity contribution in [1.29, 1.82) is 0 Å². The summed E-state index contributed by atoms with van der Waals surface area (Å²) in [5, 5.41) is 14.5. The summed E-state index contributed by atoms with van der Waals surface area (Å²) < 4.78 is 1.97. The van der Waals surface area contributed by atoms with E-state index in [-0.39, 0.29) is 18.0 Å². The minimum Gasteiger partial charge on any atom is -0.338 e. The minimum absolute atomic E-state index is 0.0255. The van der Waals surface area contributed by atoms with Gasteiger partial charge in [-0.2, -0.15) is 0 Å². The molecule has 2 aromatic heterocycles. The first-order chi connectivity index (χ1) is 14.2. The molecule has 0 aromatic carbocycles. The number of aromatic nitrogens is 3. The largest absolute Gasteiger partial charge is 0.338 e. The van der Waals surface area contributed by atoms with Crippen molar-refractivity contribution in [1.82, 2.24) is 30.1 Å². The van der Waals surface area contributed by atoms with Gasteiger partial charge in [0.25, 0.3) is 0 Å². The number of rotatable bonds is 6. The van der Waals surface area contributed by atoms with Gasteiger partial charge in [-0.3, -0.25) is 9.20 Å². The number of hydrogen-bond donors (Lipinski definition) is 2. The molecule has 8 heteroatoms. The second-order valence-electron chi connectivity index (χ2n) is 8.07. The molecule has 3 heterocycles. The van der Waals surface area contributed by atoms with Crippen molar-refractivity contribution in [3.05, 3.63) is 30.2 Å². The fourth-order valence-corrected chi connectivity index (χ4v) is 4.49. The number of urea groups is 1. The molecule has 3 amide bonds. The van der Waals surface area contributed by atoms with E-state index in [0.29, 0.717) is 25.4 Å². The summed E-state index contributed by atoms with van der Waals surface area (Å²) in [4.78, 5) is 26.7. The van der Waals surface area contributed by atoms with Gasteiger partial charge in [0.2, 0.25) is 5.91 Å². The van der Waals surface area contributed by atoms with Crippen LogP contribution in [0.25, 0.3) is 5.65 Å². The van der Waals surface area contributed by atoms with E-state index in [4.69, 9.17) is 0 Å². The van der Waals surface area contributed by atoms with Crippen LogP contribution >= 0.6 is 0 Å². The van der Waals surface area contributed by atoms with Crippen molar-refractivity contribution in [2.24, 2.45) is 0 Å². The fraction of sp³-hybridized carbons (Fsp3) is 0.619. The molecule has 156 valence electrons. The van der Waals surface area contributed by atoms with Crippen LogP contribution in [0.1, 0.15) is 69.7 Å². The SMILES string of the molecule is O=C(NCCCC(=O)N1CCCC1c1nnc2ccccn12)NC1CCCCC1. The van der Waals surface area contributed by atoms with Gasteiger partial charge in [-0.25, -0.2) is 4.79 Å². The van der Waals surface area contributed by atoms with Gasteiger partial charge >= 0.3 is 6.03 Å². The Morgan fingerprint density at radius 3 is 2.79 bits per heavy atom. The van der Waals surface area contributed by atoms with Crippen LogP contribution in [0.3, 0.4) is 0 Å². The Balaban J connectivity index is 1.24. The number of fused-ring (bicyclic) bond motifs is 1.